The van der Waals surface area contributed by atoms with Crippen LogP contribution in [0.3, 0.4) is 0 Å². The van der Waals surface area contributed by atoms with Gasteiger partial charge in [0.05, 0.1) is 0 Å². The van der Waals surface area contributed by atoms with Gasteiger partial charge in [0.1, 0.15) is 0 Å². The molecule has 1 aromatic rings. The van der Waals surface area contributed by atoms with Crippen molar-refractivity contribution in [1.82, 2.24) is 19.9 Å². The Hall–Kier alpha value is -1.63. The van der Waals surface area contributed by atoms with E-state index >= 15 is 0 Å². The molecule has 0 aromatic carbocycles. The monoisotopic (exact) mass is 253 g/mol. The van der Waals surface area contributed by atoms with Crippen molar-refractivity contribution in [3.8, 4) is 0 Å². The molecule has 102 valence electrons. The van der Waals surface area contributed by atoms with E-state index in [0.717, 1.165) is 19.6 Å². The maximum Gasteiger partial charge on any atom is 0.231 e. The van der Waals surface area contributed by atoms with Crippen molar-refractivity contribution < 1.29 is 0 Å². The first-order chi connectivity index (χ1) is 8.56. The van der Waals surface area contributed by atoms with Crippen molar-refractivity contribution >= 4 is 17.8 Å². The van der Waals surface area contributed by atoms with Crippen LogP contribution in [0.1, 0.15) is 6.92 Å². The Morgan fingerprint density at radius 3 is 2.28 bits per heavy atom. The summed E-state index contributed by atoms with van der Waals surface area (Å²) in [5, 5.41) is 6.14. The zero-order chi connectivity index (χ0) is 13.5. The van der Waals surface area contributed by atoms with Gasteiger partial charge < -0.3 is 20.4 Å². The van der Waals surface area contributed by atoms with E-state index in [2.05, 4.69) is 44.5 Å². The van der Waals surface area contributed by atoms with E-state index in [4.69, 9.17) is 0 Å². The third-order valence-electron chi connectivity index (χ3n) is 2.56. The summed E-state index contributed by atoms with van der Waals surface area (Å²) in [6.45, 7) is 4.93. The standard InChI is InChI=1S/C11H23N7/c1-6-18(5)8-7-13-10-14-9(12-2)15-11(16-10)17(3)4/h6-8H2,1-5H3,(H2,12,13,14,15,16). The molecule has 0 saturated heterocycles. The molecule has 0 radical (unpaired) electrons. The first-order valence-electron chi connectivity index (χ1n) is 6.10. The van der Waals surface area contributed by atoms with E-state index in [9.17, 15) is 0 Å². The normalized spacial score (nSPS) is 10.6. The summed E-state index contributed by atoms with van der Waals surface area (Å²) in [5.41, 5.74) is 0. The predicted molar refractivity (Wildman–Crippen MR) is 75.4 cm³/mol. The SMILES string of the molecule is CCN(C)CCNc1nc(NC)nc(N(C)C)n1. The first kappa shape index (κ1) is 14.4. The van der Waals surface area contributed by atoms with Gasteiger partial charge in [-0.1, -0.05) is 6.92 Å². The van der Waals surface area contributed by atoms with E-state index in [1.165, 1.54) is 0 Å². The molecule has 1 rings (SSSR count). The molecule has 18 heavy (non-hydrogen) atoms. The summed E-state index contributed by atoms with van der Waals surface area (Å²) >= 11 is 0. The van der Waals surface area contributed by atoms with Crippen LogP contribution in [-0.4, -0.2) is 67.7 Å². The Labute approximate surface area is 109 Å². The van der Waals surface area contributed by atoms with E-state index in [0.29, 0.717) is 17.8 Å². The number of nitrogens with zero attached hydrogens (tertiary/aromatic N) is 5. The van der Waals surface area contributed by atoms with Gasteiger partial charge in [0.2, 0.25) is 17.8 Å². The van der Waals surface area contributed by atoms with Crippen molar-refractivity contribution in [3.63, 3.8) is 0 Å². The van der Waals surface area contributed by atoms with E-state index < -0.39 is 0 Å². The largest absolute Gasteiger partial charge is 0.357 e. The highest BCUT2D eigenvalue weighted by atomic mass is 15.3. The number of hydrogen-bond donors (Lipinski definition) is 2. The van der Waals surface area contributed by atoms with E-state index in [1.54, 1.807) is 7.05 Å². The number of hydrogen-bond acceptors (Lipinski definition) is 7. The highest BCUT2D eigenvalue weighted by molar-refractivity contribution is 5.42. The molecule has 7 nitrogen and oxygen atoms in total. The van der Waals surface area contributed by atoms with Crippen molar-refractivity contribution in [2.75, 3.05) is 63.4 Å². The number of aromatic nitrogens is 3. The molecule has 7 heteroatoms. The van der Waals surface area contributed by atoms with Gasteiger partial charge in [-0.25, -0.2) is 0 Å². The third kappa shape index (κ3) is 4.33. The van der Waals surface area contributed by atoms with Crippen LogP contribution < -0.4 is 15.5 Å². The molecule has 0 aliphatic rings. The minimum Gasteiger partial charge on any atom is -0.357 e. The van der Waals surface area contributed by atoms with Crippen LogP contribution in [0.4, 0.5) is 17.8 Å². The molecule has 0 saturated carbocycles. The average Bonchev–Trinajstić information content (AvgIpc) is 2.37. The van der Waals surface area contributed by atoms with Gasteiger partial charge in [-0.2, -0.15) is 15.0 Å². The Morgan fingerprint density at radius 1 is 1.06 bits per heavy atom. The third-order valence-corrected chi connectivity index (χ3v) is 2.56. The van der Waals surface area contributed by atoms with Crippen LogP contribution >= 0.6 is 0 Å². The van der Waals surface area contributed by atoms with Gasteiger partial charge in [-0.15, -0.1) is 0 Å². The predicted octanol–water partition coefficient (Wildman–Crippen LogP) is 0.343. The van der Waals surface area contributed by atoms with E-state index in [-0.39, 0.29) is 0 Å². The molecule has 0 bridgehead atoms. The van der Waals surface area contributed by atoms with Crippen molar-refractivity contribution in [3.05, 3.63) is 0 Å². The molecule has 2 N–H and O–H groups in total. The zero-order valence-corrected chi connectivity index (χ0v) is 11.9. The van der Waals surface area contributed by atoms with Gasteiger partial charge in [-0.3, -0.25) is 0 Å². The lowest BCUT2D eigenvalue weighted by molar-refractivity contribution is 0.367. The summed E-state index contributed by atoms with van der Waals surface area (Å²) in [6, 6.07) is 0. The molecule has 0 unspecified atom stereocenters. The van der Waals surface area contributed by atoms with Gasteiger partial charge in [0.25, 0.3) is 0 Å². The second-order valence-corrected chi connectivity index (χ2v) is 4.25. The summed E-state index contributed by atoms with van der Waals surface area (Å²) in [4.78, 5) is 16.9. The Balaban J connectivity index is 2.66. The Bertz CT molecular complexity index is 366. The van der Waals surface area contributed by atoms with E-state index in [1.807, 2.05) is 19.0 Å². The zero-order valence-electron chi connectivity index (χ0n) is 11.9. The Morgan fingerprint density at radius 2 is 1.72 bits per heavy atom. The summed E-state index contributed by atoms with van der Waals surface area (Å²) in [6.07, 6.45) is 0. The Kier molecular flexibility index (Phi) is 5.57. The van der Waals surface area contributed by atoms with Crippen LogP contribution in [0, 0.1) is 0 Å². The second-order valence-electron chi connectivity index (χ2n) is 4.25. The lowest BCUT2D eigenvalue weighted by Gasteiger charge is -2.15. The number of anilines is 3. The van der Waals surface area contributed by atoms with Gasteiger partial charge in [0.15, 0.2) is 0 Å². The number of nitrogens with one attached hydrogen (secondary N) is 2. The molecule has 1 aromatic heterocycles. The molecule has 0 spiro atoms. The van der Waals surface area contributed by atoms with Crippen molar-refractivity contribution in [2.24, 2.45) is 0 Å². The lowest BCUT2D eigenvalue weighted by atomic mass is 10.5. The minimum atomic E-state index is 0.569. The summed E-state index contributed by atoms with van der Waals surface area (Å²) in [5.74, 6) is 1.81. The molecular formula is C11H23N7. The van der Waals surface area contributed by atoms with Gasteiger partial charge in [0, 0.05) is 34.2 Å². The summed E-state index contributed by atoms with van der Waals surface area (Å²) in [7, 11) is 7.69. The van der Waals surface area contributed by atoms with Gasteiger partial charge in [-0.05, 0) is 13.6 Å². The molecule has 0 aliphatic carbocycles. The van der Waals surface area contributed by atoms with Crippen molar-refractivity contribution in [1.29, 1.82) is 0 Å². The first-order valence-corrected chi connectivity index (χ1v) is 6.10. The topological polar surface area (TPSA) is 69.2 Å². The average molecular weight is 253 g/mol. The lowest BCUT2D eigenvalue weighted by Crippen LogP contribution is -2.25. The molecular weight excluding hydrogens is 230 g/mol. The fraction of sp³-hybridized carbons (Fsp3) is 0.727. The molecule has 0 fully saturated rings. The molecule has 0 atom stereocenters. The fourth-order valence-corrected chi connectivity index (χ4v) is 1.27. The smallest absolute Gasteiger partial charge is 0.231 e. The van der Waals surface area contributed by atoms with Gasteiger partial charge >= 0.3 is 0 Å². The van der Waals surface area contributed by atoms with Crippen molar-refractivity contribution in [2.45, 2.75) is 6.92 Å². The molecule has 0 aliphatic heterocycles. The maximum absolute atomic E-state index is 4.34. The maximum atomic E-state index is 4.34. The van der Waals surface area contributed by atoms with Crippen LogP contribution in [0.25, 0.3) is 0 Å². The van der Waals surface area contributed by atoms with Crippen LogP contribution in [-0.2, 0) is 0 Å². The highest BCUT2D eigenvalue weighted by Gasteiger charge is 2.06. The summed E-state index contributed by atoms with van der Waals surface area (Å²) < 4.78 is 0. The van der Waals surface area contributed by atoms with Crippen LogP contribution in [0.2, 0.25) is 0 Å². The second kappa shape index (κ2) is 6.95. The fourth-order valence-electron chi connectivity index (χ4n) is 1.27. The number of likely N-dealkylation sites (N-methyl/N-ethyl adjacent to an activating group) is 1. The minimum absolute atomic E-state index is 0.569. The molecule has 0 amide bonds. The molecule has 1 heterocycles. The number of rotatable bonds is 7. The van der Waals surface area contributed by atoms with Crippen LogP contribution in [0.5, 0.6) is 0 Å². The van der Waals surface area contributed by atoms with Crippen LogP contribution in [0.15, 0.2) is 0 Å². The highest BCUT2D eigenvalue weighted by Crippen LogP contribution is 2.10. The quantitative estimate of drug-likeness (QED) is 0.726.